The maximum Gasteiger partial charge on any atom is 0.194 e. The van der Waals surface area contributed by atoms with Gasteiger partial charge in [0.15, 0.2) is 17.5 Å². The first-order valence-electron chi connectivity index (χ1n) is 5.25. The summed E-state index contributed by atoms with van der Waals surface area (Å²) in [6.07, 6.45) is 0. The van der Waals surface area contributed by atoms with Crippen LogP contribution in [0.3, 0.4) is 0 Å². The average molecular weight is 247 g/mol. The SMILES string of the molecule is COC(C)(C)CNCc1cc(F)c(F)c(F)c1. The molecule has 0 aromatic heterocycles. The summed E-state index contributed by atoms with van der Waals surface area (Å²) in [5.74, 6) is -3.79. The molecule has 0 aliphatic heterocycles. The standard InChI is InChI=1S/C12H16F3NO/c1-12(2,17-3)7-16-6-8-4-9(13)11(15)10(14)5-8/h4-5,16H,6-7H2,1-3H3. The molecule has 0 atom stereocenters. The zero-order valence-corrected chi connectivity index (χ0v) is 10.1. The zero-order valence-electron chi connectivity index (χ0n) is 10.1. The van der Waals surface area contributed by atoms with Crippen LogP contribution in [-0.4, -0.2) is 19.3 Å². The van der Waals surface area contributed by atoms with E-state index in [1.54, 1.807) is 7.11 Å². The third kappa shape index (κ3) is 4.02. The number of hydrogen-bond donors (Lipinski definition) is 1. The summed E-state index contributed by atoms with van der Waals surface area (Å²) in [6, 6.07) is 1.95. The fourth-order valence-corrected chi connectivity index (χ4v) is 1.29. The Hall–Kier alpha value is -1.07. The minimum atomic E-state index is -1.44. The van der Waals surface area contributed by atoms with Gasteiger partial charge in [-0.3, -0.25) is 0 Å². The zero-order chi connectivity index (χ0) is 13.1. The molecule has 0 saturated carbocycles. The van der Waals surface area contributed by atoms with Gasteiger partial charge in [-0.2, -0.15) is 0 Å². The van der Waals surface area contributed by atoms with Crippen molar-refractivity contribution in [1.82, 2.24) is 5.32 Å². The van der Waals surface area contributed by atoms with Crippen molar-refractivity contribution in [2.24, 2.45) is 0 Å². The lowest BCUT2D eigenvalue weighted by atomic mass is 10.1. The third-order valence-electron chi connectivity index (χ3n) is 2.48. The highest BCUT2D eigenvalue weighted by atomic mass is 19.2. The Kier molecular flexibility index (Phi) is 4.54. The summed E-state index contributed by atoms with van der Waals surface area (Å²) < 4.78 is 43.7. The largest absolute Gasteiger partial charge is 0.377 e. The maximum absolute atomic E-state index is 12.9. The normalized spacial score (nSPS) is 11.9. The molecule has 0 unspecified atom stereocenters. The van der Waals surface area contributed by atoms with Crippen molar-refractivity contribution in [2.45, 2.75) is 26.0 Å². The lowest BCUT2D eigenvalue weighted by molar-refractivity contribution is 0.0230. The minimum Gasteiger partial charge on any atom is -0.377 e. The predicted molar refractivity (Wildman–Crippen MR) is 59.1 cm³/mol. The molecule has 1 aromatic rings. The number of methoxy groups -OCH3 is 1. The van der Waals surface area contributed by atoms with E-state index in [1.807, 2.05) is 13.8 Å². The van der Waals surface area contributed by atoms with Crippen molar-refractivity contribution in [3.05, 3.63) is 35.1 Å². The van der Waals surface area contributed by atoms with E-state index in [0.29, 0.717) is 12.1 Å². The number of hydrogen-bond acceptors (Lipinski definition) is 2. The molecule has 96 valence electrons. The lowest BCUT2D eigenvalue weighted by Gasteiger charge is -2.23. The number of nitrogens with one attached hydrogen (secondary N) is 1. The monoisotopic (exact) mass is 247 g/mol. The van der Waals surface area contributed by atoms with Crippen LogP contribution in [0.1, 0.15) is 19.4 Å². The van der Waals surface area contributed by atoms with Gasteiger partial charge in [0.25, 0.3) is 0 Å². The van der Waals surface area contributed by atoms with Gasteiger partial charge in [0, 0.05) is 20.2 Å². The van der Waals surface area contributed by atoms with Crippen LogP contribution < -0.4 is 5.32 Å². The summed E-state index contributed by atoms with van der Waals surface area (Å²) in [4.78, 5) is 0. The van der Waals surface area contributed by atoms with E-state index in [-0.39, 0.29) is 12.1 Å². The first kappa shape index (κ1) is 14.0. The quantitative estimate of drug-likeness (QED) is 0.808. The molecule has 0 spiro atoms. The van der Waals surface area contributed by atoms with Crippen molar-refractivity contribution >= 4 is 0 Å². The molecule has 0 radical (unpaired) electrons. The van der Waals surface area contributed by atoms with E-state index in [2.05, 4.69) is 5.32 Å². The van der Waals surface area contributed by atoms with E-state index in [1.165, 1.54) is 0 Å². The molecular formula is C12H16F3NO. The van der Waals surface area contributed by atoms with Crippen LogP contribution in [-0.2, 0) is 11.3 Å². The Morgan fingerprint density at radius 1 is 1.18 bits per heavy atom. The minimum absolute atomic E-state index is 0.251. The summed E-state index contributed by atoms with van der Waals surface area (Å²) in [5, 5.41) is 2.99. The Morgan fingerprint density at radius 2 is 1.71 bits per heavy atom. The molecular weight excluding hydrogens is 231 g/mol. The molecule has 0 heterocycles. The van der Waals surface area contributed by atoms with Crippen molar-refractivity contribution < 1.29 is 17.9 Å². The second-order valence-corrected chi connectivity index (χ2v) is 4.44. The molecule has 1 aromatic carbocycles. The van der Waals surface area contributed by atoms with Crippen LogP contribution in [0.15, 0.2) is 12.1 Å². The molecule has 17 heavy (non-hydrogen) atoms. The van der Waals surface area contributed by atoms with E-state index in [4.69, 9.17) is 4.74 Å². The van der Waals surface area contributed by atoms with Crippen LogP contribution in [0.4, 0.5) is 13.2 Å². The third-order valence-corrected chi connectivity index (χ3v) is 2.48. The van der Waals surface area contributed by atoms with Gasteiger partial charge in [0.05, 0.1) is 5.60 Å². The van der Waals surface area contributed by atoms with Crippen molar-refractivity contribution in [3.63, 3.8) is 0 Å². The summed E-state index contributed by atoms with van der Waals surface area (Å²) in [7, 11) is 1.58. The van der Waals surface area contributed by atoms with E-state index >= 15 is 0 Å². The van der Waals surface area contributed by atoms with Gasteiger partial charge in [-0.1, -0.05) is 0 Å². The molecule has 0 bridgehead atoms. The number of ether oxygens (including phenoxy) is 1. The van der Waals surface area contributed by atoms with Gasteiger partial charge in [0.2, 0.25) is 0 Å². The Balaban J connectivity index is 2.59. The first-order chi connectivity index (χ1) is 7.85. The van der Waals surface area contributed by atoms with Crippen molar-refractivity contribution in [1.29, 1.82) is 0 Å². The van der Waals surface area contributed by atoms with Crippen molar-refractivity contribution in [2.75, 3.05) is 13.7 Å². The van der Waals surface area contributed by atoms with Gasteiger partial charge in [-0.05, 0) is 31.5 Å². The highest BCUT2D eigenvalue weighted by Crippen LogP contribution is 2.13. The van der Waals surface area contributed by atoms with E-state index in [0.717, 1.165) is 12.1 Å². The Morgan fingerprint density at radius 3 is 2.18 bits per heavy atom. The molecule has 5 heteroatoms. The van der Waals surface area contributed by atoms with Gasteiger partial charge >= 0.3 is 0 Å². The van der Waals surface area contributed by atoms with Crippen LogP contribution >= 0.6 is 0 Å². The van der Waals surface area contributed by atoms with Crippen LogP contribution in [0, 0.1) is 17.5 Å². The van der Waals surface area contributed by atoms with Gasteiger partial charge in [-0.15, -0.1) is 0 Å². The number of rotatable bonds is 5. The highest BCUT2D eigenvalue weighted by Gasteiger charge is 2.16. The smallest absolute Gasteiger partial charge is 0.194 e. The first-order valence-corrected chi connectivity index (χ1v) is 5.25. The topological polar surface area (TPSA) is 21.3 Å². The Labute approximate surface area is 98.8 Å². The van der Waals surface area contributed by atoms with E-state index < -0.39 is 17.5 Å². The average Bonchev–Trinajstić information content (AvgIpc) is 2.25. The Bertz CT molecular complexity index is 370. The van der Waals surface area contributed by atoms with Crippen molar-refractivity contribution in [3.8, 4) is 0 Å². The predicted octanol–water partition coefficient (Wildman–Crippen LogP) is 2.62. The van der Waals surface area contributed by atoms with E-state index in [9.17, 15) is 13.2 Å². The van der Waals surface area contributed by atoms with Gasteiger partial charge in [0.1, 0.15) is 0 Å². The molecule has 0 fully saturated rings. The molecule has 0 aliphatic rings. The van der Waals surface area contributed by atoms with Crippen LogP contribution in [0.25, 0.3) is 0 Å². The van der Waals surface area contributed by atoms with Gasteiger partial charge in [-0.25, -0.2) is 13.2 Å². The molecule has 1 rings (SSSR count). The molecule has 0 saturated heterocycles. The summed E-state index contributed by atoms with van der Waals surface area (Å²) in [5.41, 5.74) is -0.00906. The summed E-state index contributed by atoms with van der Waals surface area (Å²) in [6.45, 7) is 4.53. The summed E-state index contributed by atoms with van der Waals surface area (Å²) >= 11 is 0. The van der Waals surface area contributed by atoms with Crippen LogP contribution in [0.2, 0.25) is 0 Å². The van der Waals surface area contributed by atoms with Gasteiger partial charge < -0.3 is 10.1 Å². The number of halogens is 3. The fourth-order valence-electron chi connectivity index (χ4n) is 1.29. The second-order valence-electron chi connectivity index (χ2n) is 4.44. The lowest BCUT2D eigenvalue weighted by Crippen LogP contribution is -2.36. The highest BCUT2D eigenvalue weighted by molar-refractivity contribution is 5.19. The second kappa shape index (κ2) is 5.51. The molecule has 1 N–H and O–H groups in total. The number of benzene rings is 1. The molecule has 0 aliphatic carbocycles. The molecule has 2 nitrogen and oxygen atoms in total. The molecule has 0 amide bonds. The fraction of sp³-hybridized carbons (Fsp3) is 0.500. The van der Waals surface area contributed by atoms with Crippen LogP contribution in [0.5, 0.6) is 0 Å². The maximum atomic E-state index is 12.9.